The monoisotopic (exact) mass is 444 g/mol. The van der Waals surface area contributed by atoms with E-state index in [4.69, 9.17) is 15.2 Å². The lowest BCUT2D eigenvalue weighted by molar-refractivity contribution is -0.132. The van der Waals surface area contributed by atoms with Crippen molar-refractivity contribution in [1.29, 1.82) is 0 Å². The van der Waals surface area contributed by atoms with Crippen LogP contribution >= 0.6 is 24.2 Å². The number of imide groups is 1. The van der Waals surface area contributed by atoms with E-state index >= 15 is 0 Å². The Balaban J connectivity index is 0.00000218. The molecule has 2 aromatic carbocycles. The van der Waals surface area contributed by atoms with Crippen molar-refractivity contribution in [3.63, 3.8) is 0 Å². The number of amides is 2. The minimum absolute atomic E-state index is 0. The summed E-state index contributed by atoms with van der Waals surface area (Å²) in [6.45, 7) is 0. The number of esters is 1. The minimum atomic E-state index is -0.756. The topological polar surface area (TPSA) is 98.9 Å². The van der Waals surface area contributed by atoms with Crippen LogP contribution in [-0.4, -0.2) is 30.1 Å². The highest BCUT2D eigenvalue weighted by atomic mass is 35.5. The van der Waals surface area contributed by atoms with Crippen molar-refractivity contribution in [3.05, 3.63) is 64.7 Å². The number of rotatable bonds is 2. The SMILES string of the molecule is COc1cccc2c1OC(=O)C1=C(N)SC3C(=O)N(c4ccccc4)C(=O)C3C12.Cl. The quantitative estimate of drug-likeness (QED) is 0.431. The van der Waals surface area contributed by atoms with E-state index in [0.717, 1.165) is 11.8 Å². The number of methoxy groups -OCH3 is 1. The molecule has 3 aliphatic heterocycles. The van der Waals surface area contributed by atoms with Gasteiger partial charge < -0.3 is 15.2 Å². The molecule has 0 bridgehead atoms. The van der Waals surface area contributed by atoms with E-state index in [-0.39, 0.29) is 40.6 Å². The summed E-state index contributed by atoms with van der Waals surface area (Å²) < 4.78 is 10.8. The Morgan fingerprint density at radius 3 is 2.47 bits per heavy atom. The number of anilines is 1. The second-order valence-electron chi connectivity index (χ2n) is 6.94. The van der Waals surface area contributed by atoms with Gasteiger partial charge in [-0.2, -0.15) is 0 Å². The molecule has 3 aliphatic rings. The van der Waals surface area contributed by atoms with Gasteiger partial charge in [-0.25, -0.2) is 9.69 Å². The molecule has 0 saturated carbocycles. The van der Waals surface area contributed by atoms with Crippen molar-refractivity contribution < 1.29 is 23.9 Å². The van der Waals surface area contributed by atoms with Crippen LogP contribution in [0.15, 0.2) is 59.1 Å². The van der Waals surface area contributed by atoms with Crippen LogP contribution in [-0.2, 0) is 14.4 Å². The molecule has 1 fully saturated rings. The zero-order valence-electron chi connectivity index (χ0n) is 15.7. The molecule has 154 valence electrons. The van der Waals surface area contributed by atoms with Crippen LogP contribution in [0.2, 0.25) is 0 Å². The van der Waals surface area contributed by atoms with Crippen molar-refractivity contribution in [1.82, 2.24) is 0 Å². The number of benzene rings is 2. The lowest BCUT2D eigenvalue weighted by atomic mass is 9.77. The summed E-state index contributed by atoms with van der Waals surface area (Å²) in [4.78, 5) is 40.5. The first kappa shape index (κ1) is 20.3. The maximum Gasteiger partial charge on any atom is 0.342 e. The Morgan fingerprint density at radius 2 is 1.77 bits per heavy atom. The number of ether oxygens (including phenoxy) is 2. The van der Waals surface area contributed by atoms with Gasteiger partial charge in [0.05, 0.1) is 29.3 Å². The number of carbonyl (C=O) groups is 3. The molecule has 30 heavy (non-hydrogen) atoms. The van der Waals surface area contributed by atoms with Crippen LogP contribution in [0.25, 0.3) is 0 Å². The molecule has 3 atom stereocenters. The molecule has 2 aromatic rings. The van der Waals surface area contributed by atoms with E-state index in [1.165, 1.54) is 12.0 Å². The molecule has 5 rings (SSSR count). The van der Waals surface area contributed by atoms with Crippen LogP contribution < -0.4 is 20.1 Å². The largest absolute Gasteiger partial charge is 0.493 e. The van der Waals surface area contributed by atoms with Crippen molar-refractivity contribution >= 4 is 47.6 Å². The van der Waals surface area contributed by atoms with Gasteiger partial charge in [-0.05, 0) is 18.2 Å². The van der Waals surface area contributed by atoms with Crippen LogP contribution in [0.4, 0.5) is 5.69 Å². The molecule has 1 saturated heterocycles. The Bertz CT molecular complexity index is 1100. The average molecular weight is 445 g/mol. The number of fused-ring (bicyclic) bond motifs is 5. The van der Waals surface area contributed by atoms with Crippen LogP contribution in [0, 0.1) is 5.92 Å². The van der Waals surface area contributed by atoms with Gasteiger partial charge in [0.2, 0.25) is 11.8 Å². The van der Waals surface area contributed by atoms with E-state index in [9.17, 15) is 14.4 Å². The summed E-state index contributed by atoms with van der Waals surface area (Å²) in [5.74, 6) is -2.07. The number of nitrogens with two attached hydrogens (primary N) is 1. The maximum atomic E-state index is 13.4. The number of para-hydroxylation sites is 2. The summed E-state index contributed by atoms with van der Waals surface area (Å²) >= 11 is 1.05. The molecular formula is C21H17ClN2O5S. The van der Waals surface area contributed by atoms with Gasteiger partial charge in [-0.1, -0.05) is 42.1 Å². The average Bonchev–Trinajstić information content (AvgIpc) is 2.97. The minimum Gasteiger partial charge on any atom is -0.493 e. The molecule has 7 nitrogen and oxygen atoms in total. The molecule has 9 heteroatoms. The highest BCUT2D eigenvalue weighted by Crippen LogP contribution is 2.55. The molecular weight excluding hydrogens is 428 g/mol. The van der Waals surface area contributed by atoms with Crippen LogP contribution in [0.3, 0.4) is 0 Å². The van der Waals surface area contributed by atoms with E-state index in [0.29, 0.717) is 17.0 Å². The van der Waals surface area contributed by atoms with E-state index < -0.39 is 23.1 Å². The predicted octanol–water partition coefficient (Wildman–Crippen LogP) is 2.59. The number of hydrogen-bond acceptors (Lipinski definition) is 7. The number of halogens is 1. The Kier molecular flexibility index (Phi) is 4.99. The van der Waals surface area contributed by atoms with Crippen molar-refractivity contribution in [2.75, 3.05) is 12.0 Å². The lowest BCUT2D eigenvalue weighted by Crippen LogP contribution is -2.39. The number of nitrogens with zero attached hydrogens (tertiary/aromatic N) is 1. The van der Waals surface area contributed by atoms with Gasteiger partial charge in [-0.15, -0.1) is 12.4 Å². The summed E-state index contributed by atoms with van der Waals surface area (Å²) in [5, 5.41) is -0.493. The van der Waals surface area contributed by atoms with Gasteiger partial charge in [0.25, 0.3) is 0 Å². The van der Waals surface area contributed by atoms with Crippen molar-refractivity contribution in [3.8, 4) is 11.5 Å². The fourth-order valence-electron chi connectivity index (χ4n) is 4.25. The zero-order chi connectivity index (χ0) is 20.3. The third-order valence-electron chi connectivity index (χ3n) is 5.48. The molecule has 0 spiro atoms. The normalized spacial score (nSPS) is 24.5. The van der Waals surface area contributed by atoms with Crippen LogP contribution in [0.1, 0.15) is 11.5 Å². The first-order valence-electron chi connectivity index (χ1n) is 9.01. The predicted molar refractivity (Wildman–Crippen MR) is 114 cm³/mol. The molecule has 3 unspecified atom stereocenters. The molecule has 0 aromatic heterocycles. The van der Waals surface area contributed by atoms with E-state index in [1.807, 2.05) is 6.07 Å². The number of hydrogen-bond donors (Lipinski definition) is 1. The van der Waals surface area contributed by atoms with Gasteiger partial charge in [-0.3, -0.25) is 9.59 Å². The van der Waals surface area contributed by atoms with E-state index in [2.05, 4.69) is 0 Å². The van der Waals surface area contributed by atoms with Gasteiger partial charge in [0.1, 0.15) is 5.25 Å². The summed E-state index contributed by atoms with van der Waals surface area (Å²) in [7, 11) is 1.48. The number of thioether (sulfide) groups is 1. The maximum absolute atomic E-state index is 13.4. The molecule has 0 radical (unpaired) electrons. The summed E-state index contributed by atoms with van der Waals surface area (Å²) in [5.41, 5.74) is 7.53. The summed E-state index contributed by atoms with van der Waals surface area (Å²) in [6, 6.07) is 14.0. The van der Waals surface area contributed by atoms with Crippen molar-refractivity contribution in [2.45, 2.75) is 11.2 Å². The third kappa shape index (κ3) is 2.71. The fourth-order valence-corrected chi connectivity index (χ4v) is 5.48. The summed E-state index contributed by atoms with van der Waals surface area (Å²) in [6.07, 6.45) is 0. The zero-order valence-corrected chi connectivity index (χ0v) is 17.4. The van der Waals surface area contributed by atoms with Crippen LogP contribution in [0.5, 0.6) is 11.5 Å². The lowest BCUT2D eigenvalue weighted by Gasteiger charge is -2.36. The molecule has 2 amide bonds. The Morgan fingerprint density at radius 1 is 1.03 bits per heavy atom. The third-order valence-corrected chi connectivity index (χ3v) is 6.70. The molecule has 2 N–H and O–H groups in total. The first-order chi connectivity index (χ1) is 14.0. The Labute approximate surface area is 182 Å². The highest BCUT2D eigenvalue weighted by Gasteiger charge is 2.58. The van der Waals surface area contributed by atoms with Gasteiger partial charge in [0.15, 0.2) is 11.5 Å². The Hall–Kier alpha value is -2.97. The standard InChI is InChI=1S/C21H16N2O5S.ClH/c1-27-12-9-5-8-11-13-14-17(29-18(22)15(13)21(26)28-16(11)12)20(25)23(19(14)24)10-6-3-2-4-7-10;/h2-9,13-14,17H,22H2,1H3;1H. The van der Waals surface area contributed by atoms with Crippen molar-refractivity contribution in [2.24, 2.45) is 11.7 Å². The highest BCUT2D eigenvalue weighted by molar-refractivity contribution is 8.04. The molecule has 3 heterocycles. The fraction of sp³-hybridized carbons (Fsp3) is 0.190. The second kappa shape index (κ2) is 7.37. The van der Waals surface area contributed by atoms with Gasteiger partial charge >= 0.3 is 5.97 Å². The second-order valence-corrected chi connectivity index (χ2v) is 8.12. The first-order valence-corrected chi connectivity index (χ1v) is 9.89. The molecule has 0 aliphatic carbocycles. The smallest absolute Gasteiger partial charge is 0.342 e. The van der Waals surface area contributed by atoms with Gasteiger partial charge in [0, 0.05) is 11.5 Å². The van der Waals surface area contributed by atoms with E-state index in [1.54, 1.807) is 42.5 Å². The number of carbonyl (C=O) groups excluding carboxylic acids is 3.